The molecule has 24 heavy (non-hydrogen) atoms. The van der Waals surface area contributed by atoms with E-state index in [1.165, 1.54) is 5.56 Å². The second-order valence-electron chi connectivity index (χ2n) is 5.93. The molecule has 0 unspecified atom stereocenters. The lowest BCUT2D eigenvalue weighted by molar-refractivity contribution is -0.115. The number of ether oxygens (including phenoxy) is 1. The summed E-state index contributed by atoms with van der Waals surface area (Å²) in [6.07, 6.45) is 0.329. The second kappa shape index (κ2) is 6.79. The lowest BCUT2D eigenvalue weighted by Gasteiger charge is -2.11. The minimum absolute atomic E-state index is 0.0485. The number of benzene rings is 2. The molecule has 0 bridgehead atoms. The summed E-state index contributed by atoms with van der Waals surface area (Å²) in [4.78, 5) is 15.9. The minimum atomic E-state index is -0.0485. The number of aryl methyl sites for hydroxylation is 2. The number of fused-ring (bicyclic) bond motifs is 1. The number of aromatic nitrogens is 1. The van der Waals surface area contributed by atoms with Gasteiger partial charge in [-0.25, -0.2) is 0 Å². The van der Waals surface area contributed by atoms with Crippen LogP contribution in [-0.4, -0.2) is 17.5 Å². The Hall–Kier alpha value is -2.75. The third-order valence-corrected chi connectivity index (χ3v) is 4.07. The lowest BCUT2D eigenvalue weighted by Crippen LogP contribution is -2.15. The number of hydrogen-bond donors (Lipinski definition) is 2. The van der Waals surface area contributed by atoms with Crippen molar-refractivity contribution in [1.82, 2.24) is 4.98 Å². The number of nitrogens with one attached hydrogen (secondary N) is 2. The van der Waals surface area contributed by atoms with Gasteiger partial charge in [0.2, 0.25) is 5.91 Å². The van der Waals surface area contributed by atoms with Gasteiger partial charge in [-0.2, -0.15) is 0 Å². The Morgan fingerprint density at radius 3 is 2.75 bits per heavy atom. The van der Waals surface area contributed by atoms with E-state index in [-0.39, 0.29) is 5.91 Å². The normalized spacial score (nSPS) is 10.8. The molecule has 4 nitrogen and oxygen atoms in total. The van der Waals surface area contributed by atoms with Crippen molar-refractivity contribution in [3.8, 4) is 5.75 Å². The van der Waals surface area contributed by atoms with E-state index in [2.05, 4.69) is 35.4 Å². The lowest BCUT2D eigenvalue weighted by atomic mass is 10.1. The molecular weight excluding hydrogens is 300 g/mol. The van der Waals surface area contributed by atoms with Crippen LogP contribution in [0.2, 0.25) is 0 Å². The summed E-state index contributed by atoms with van der Waals surface area (Å²) in [5, 5.41) is 4.07. The molecule has 0 atom stereocenters. The first-order valence-corrected chi connectivity index (χ1v) is 8.18. The van der Waals surface area contributed by atoms with Gasteiger partial charge in [-0.3, -0.25) is 4.79 Å². The zero-order valence-electron chi connectivity index (χ0n) is 14.3. The zero-order chi connectivity index (χ0) is 17.1. The van der Waals surface area contributed by atoms with E-state index in [9.17, 15) is 4.79 Å². The van der Waals surface area contributed by atoms with E-state index in [4.69, 9.17) is 4.74 Å². The summed E-state index contributed by atoms with van der Waals surface area (Å²) in [6.45, 7) is 6.56. The SMILES string of the molecule is CCOc1ccccc1NC(=O)Cc1c(C)[nH]c2ccc(C)cc12. The van der Waals surface area contributed by atoms with E-state index in [1.807, 2.05) is 38.1 Å². The van der Waals surface area contributed by atoms with Gasteiger partial charge in [0.25, 0.3) is 0 Å². The molecule has 0 radical (unpaired) electrons. The summed E-state index contributed by atoms with van der Waals surface area (Å²) in [6, 6.07) is 13.7. The highest BCUT2D eigenvalue weighted by molar-refractivity contribution is 5.97. The summed E-state index contributed by atoms with van der Waals surface area (Å²) in [5.41, 5.74) is 5.03. The maximum Gasteiger partial charge on any atom is 0.228 e. The van der Waals surface area contributed by atoms with Crippen LogP contribution < -0.4 is 10.1 Å². The molecule has 3 rings (SSSR count). The molecule has 1 heterocycles. The standard InChI is InChI=1S/C20H22N2O2/c1-4-24-19-8-6-5-7-18(19)22-20(23)12-15-14(3)21-17-10-9-13(2)11-16(15)17/h5-11,21H,4,12H2,1-3H3,(H,22,23). The maximum absolute atomic E-state index is 12.5. The molecule has 2 aromatic carbocycles. The average molecular weight is 322 g/mol. The van der Waals surface area contributed by atoms with Crippen LogP contribution in [0.25, 0.3) is 10.9 Å². The van der Waals surface area contributed by atoms with Crippen molar-refractivity contribution in [3.63, 3.8) is 0 Å². The van der Waals surface area contributed by atoms with Crippen molar-refractivity contribution in [1.29, 1.82) is 0 Å². The topological polar surface area (TPSA) is 54.1 Å². The van der Waals surface area contributed by atoms with Crippen LogP contribution in [0.3, 0.4) is 0 Å². The molecule has 0 aliphatic carbocycles. The van der Waals surface area contributed by atoms with E-state index in [0.717, 1.165) is 22.2 Å². The van der Waals surface area contributed by atoms with Crippen LogP contribution >= 0.6 is 0 Å². The van der Waals surface area contributed by atoms with Crippen LogP contribution in [0.4, 0.5) is 5.69 Å². The average Bonchev–Trinajstić information content (AvgIpc) is 2.85. The van der Waals surface area contributed by atoms with Crippen molar-refractivity contribution in [2.75, 3.05) is 11.9 Å². The Morgan fingerprint density at radius 1 is 1.17 bits per heavy atom. The van der Waals surface area contributed by atoms with E-state index in [1.54, 1.807) is 0 Å². The van der Waals surface area contributed by atoms with Gasteiger partial charge < -0.3 is 15.0 Å². The zero-order valence-corrected chi connectivity index (χ0v) is 14.3. The third-order valence-electron chi connectivity index (χ3n) is 4.07. The number of aromatic amines is 1. The second-order valence-corrected chi connectivity index (χ2v) is 5.93. The molecule has 1 aromatic heterocycles. The van der Waals surface area contributed by atoms with Gasteiger partial charge in [0.15, 0.2) is 0 Å². The summed E-state index contributed by atoms with van der Waals surface area (Å²) in [5.74, 6) is 0.646. The largest absolute Gasteiger partial charge is 0.492 e. The Bertz CT molecular complexity index is 880. The van der Waals surface area contributed by atoms with Crippen molar-refractivity contribution in [2.24, 2.45) is 0 Å². The van der Waals surface area contributed by atoms with Crippen LogP contribution in [-0.2, 0) is 11.2 Å². The van der Waals surface area contributed by atoms with Crippen LogP contribution in [0.5, 0.6) is 5.75 Å². The Morgan fingerprint density at radius 2 is 1.96 bits per heavy atom. The summed E-state index contributed by atoms with van der Waals surface area (Å²) in [7, 11) is 0. The Kier molecular flexibility index (Phi) is 4.56. The highest BCUT2D eigenvalue weighted by atomic mass is 16.5. The first-order chi connectivity index (χ1) is 11.6. The van der Waals surface area contributed by atoms with Crippen molar-refractivity contribution < 1.29 is 9.53 Å². The molecule has 0 aliphatic heterocycles. The van der Waals surface area contributed by atoms with Gasteiger partial charge in [-0.15, -0.1) is 0 Å². The molecule has 3 aromatic rings. The molecule has 0 saturated heterocycles. The molecule has 0 spiro atoms. The number of hydrogen-bond acceptors (Lipinski definition) is 2. The number of para-hydroxylation sites is 2. The fourth-order valence-corrected chi connectivity index (χ4v) is 2.93. The van der Waals surface area contributed by atoms with E-state index in [0.29, 0.717) is 24.5 Å². The highest BCUT2D eigenvalue weighted by Crippen LogP contribution is 2.26. The Balaban J connectivity index is 1.83. The van der Waals surface area contributed by atoms with E-state index >= 15 is 0 Å². The van der Waals surface area contributed by atoms with Crippen molar-refractivity contribution >= 4 is 22.5 Å². The van der Waals surface area contributed by atoms with Crippen LogP contribution in [0.15, 0.2) is 42.5 Å². The van der Waals surface area contributed by atoms with Gasteiger partial charge >= 0.3 is 0 Å². The fraction of sp³-hybridized carbons (Fsp3) is 0.250. The molecule has 1 amide bonds. The first kappa shape index (κ1) is 16.1. The monoisotopic (exact) mass is 322 g/mol. The van der Waals surface area contributed by atoms with Gasteiger partial charge in [-0.05, 0) is 50.6 Å². The predicted molar refractivity (Wildman–Crippen MR) is 97.7 cm³/mol. The third kappa shape index (κ3) is 3.27. The molecule has 124 valence electrons. The van der Waals surface area contributed by atoms with Crippen molar-refractivity contribution in [3.05, 3.63) is 59.3 Å². The van der Waals surface area contributed by atoms with E-state index < -0.39 is 0 Å². The molecule has 4 heteroatoms. The first-order valence-electron chi connectivity index (χ1n) is 8.18. The summed E-state index contributed by atoms with van der Waals surface area (Å²) >= 11 is 0. The predicted octanol–water partition coefficient (Wildman–Crippen LogP) is 4.36. The number of carbonyl (C=O) groups excluding carboxylic acids is 1. The molecule has 0 saturated carbocycles. The smallest absolute Gasteiger partial charge is 0.228 e. The maximum atomic E-state index is 12.5. The molecule has 2 N–H and O–H groups in total. The number of rotatable bonds is 5. The molecule has 0 aliphatic rings. The van der Waals surface area contributed by atoms with Gasteiger partial charge in [0, 0.05) is 16.6 Å². The van der Waals surface area contributed by atoms with Crippen LogP contribution in [0.1, 0.15) is 23.7 Å². The van der Waals surface area contributed by atoms with Crippen molar-refractivity contribution in [2.45, 2.75) is 27.2 Å². The Labute approximate surface area is 141 Å². The highest BCUT2D eigenvalue weighted by Gasteiger charge is 2.14. The van der Waals surface area contributed by atoms with Gasteiger partial charge in [0.05, 0.1) is 18.7 Å². The fourth-order valence-electron chi connectivity index (χ4n) is 2.93. The summed E-state index contributed by atoms with van der Waals surface area (Å²) < 4.78 is 5.56. The number of H-pyrrole nitrogens is 1. The molecule has 0 fully saturated rings. The van der Waals surface area contributed by atoms with Gasteiger partial charge in [-0.1, -0.05) is 23.8 Å². The van der Waals surface area contributed by atoms with Gasteiger partial charge in [0.1, 0.15) is 5.75 Å². The number of amides is 1. The minimum Gasteiger partial charge on any atom is -0.492 e. The van der Waals surface area contributed by atoms with Crippen LogP contribution in [0, 0.1) is 13.8 Å². The quantitative estimate of drug-likeness (QED) is 0.733. The molecular formula is C20H22N2O2. The number of anilines is 1. The number of carbonyl (C=O) groups is 1.